The summed E-state index contributed by atoms with van der Waals surface area (Å²) < 4.78 is 34.1. The Balaban J connectivity index is 1.86. The minimum Gasteiger partial charge on any atom is -0.443 e. The first-order valence-electron chi connectivity index (χ1n) is 7.79. The Morgan fingerprint density at radius 2 is 1.80 bits per heavy atom. The number of halogens is 2. The van der Waals surface area contributed by atoms with Gasteiger partial charge in [0, 0.05) is 17.2 Å². The highest BCUT2D eigenvalue weighted by Crippen LogP contribution is 2.33. The van der Waals surface area contributed by atoms with E-state index in [2.05, 4.69) is 15.3 Å². The van der Waals surface area contributed by atoms with Gasteiger partial charge in [0.1, 0.15) is 11.2 Å². The lowest BCUT2D eigenvalue weighted by molar-refractivity contribution is 0.509. The van der Waals surface area contributed by atoms with Crippen molar-refractivity contribution >= 4 is 11.0 Å². The highest BCUT2D eigenvalue weighted by atomic mass is 19.2. The van der Waals surface area contributed by atoms with Crippen LogP contribution < -0.4 is 0 Å². The molecule has 4 rings (SSSR count). The molecule has 0 saturated heterocycles. The predicted octanol–water partition coefficient (Wildman–Crippen LogP) is 4.61. The van der Waals surface area contributed by atoms with Gasteiger partial charge < -0.3 is 4.42 Å². The molecule has 0 radical (unpaired) electrons. The predicted molar refractivity (Wildman–Crippen MR) is 88.8 cm³/mol. The van der Waals surface area contributed by atoms with E-state index in [1.165, 1.54) is 12.5 Å². The van der Waals surface area contributed by atoms with Crippen molar-refractivity contribution in [2.24, 2.45) is 0 Å². The number of nitrogens with zero attached hydrogens (tertiary/aromatic N) is 4. The minimum atomic E-state index is -0.927. The van der Waals surface area contributed by atoms with Gasteiger partial charge in [-0.05, 0) is 50.2 Å². The lowest BCUT2D eigenvalue weighted by Crippen LogP contribution is -2.02. The summed E-state index contributed by atoms with van der Waals surface area (Å²) in [5.41, 5.74) is 3.28. The molecule has 0 bridgehead atoms. The van der Waals surface area contributed by atoms with E-state index in [9.17, 15) is 8.78 Å². The maximum absolute atomic E-state index is 13.6. The van der Waals surface area contributed by atoms with Gasteiger partial charge in [-0.2, -0.15) is 0 Å². The van der Waals surface area contributed by atoms with Crippen LogP contribution in [-0.2, 0) is 0 Å². The van der Waals surface area contributed by atoms with Gasteiger partial charge >= 0.3 is 0 Å². The molecule has 0 spiro atoms. The van der Waals surface area contributed by atoms with Gasteiger partial charge in [0.25, 0.3) is 0 Å². The van der Waals surface area contributed by atoms with Crippen molar-refractivity contribution in [2.75, 3.05) is 0 Å². The van der Waals surface area contributed by atoms with Crippen molar-refractivity contribution in [2.45, 2.75) is 19.9 Å². The van der Waals surface area contributed by atoms with Gasteiger partial charge in [-0.1, -0.05) is 5.21 Å². The van der Waals surface area contributed by atoms with Crippen LogP contribution in [0.4, 0.5) is 8.78 Å². The van der Waals surface area contributed by atoms with Gasteiger partial charge in [0.05, 0.1) is 5.52 Å². The summed E-state index contributed by atoms with van der Waals surface area (Å²) in [6, 6.07) is 9.39. The average molecular weight is 340 g/mol. The van der Waals surface area contributed by atoms with Crippen LogP contribution in [0.25, 0.3) is 33.6 Å². The lowest BCUT2D eigenvalue weighted by atomic mass is 10.0. The summed E-state index contributed by atoms with van der Waals surface area (Å²) in [7, 11) is 0. The van der Waals surface area contributed by atoms with Crippen LogP contribution in [0.3, 0.4) is 0 Å². The second kappa shape index (κ2) is 5.77. The number of rotatable bonds is 3. The first kappa shape index (κ1) is 15.4. The third-order valence-corrected chi connectivity index (χ3v) is 3.98. The van der Waals surface area contributed by atoms with Gasteiger partial charge in [-0.3, -0.25) is 0 Å². The van der Waals surface area contributed by atoms with E-state index in [-0.39, 0.29) is 6.04 Å². The van der Waals surface area contributed by atoms with E-state index >= 15 is 0 Å². The summed E-state index contributed by atoms with van der Waals surface area (Å²) >= 11 is 0. The Morgan fingerprint density at radius 3 is 2.56 bits per heavy atom. The summed E-state index contributed by atoms with van der Waals surface area (Å²) in [6.07, 6.45) is 1.29. The second-order valence-electron chi connectivity index (χ2n) is 5.99. The van der Waals surface area contributed by atoms with Crippen LogP contribution in [0.2, 0.25) is 0 Å². The van der Waals surface area contributed by atoms with Crippen molar-refractivity contribution < 1.29 is 13.2 Å². The molecule has 2 heterocycles. The van der Waals surface area contributed by atoms with E-state index in [1.54, 1.807) is 0 Å². The first-order valence-corrected chi connectivity index (χ1v) is 7.79. The number of hydrogen-bond donors (Lipinski definition) is 0. The molecule has 0 aliphatic heterocycles. The zero-order chi connectivity index (χ0) is 17.6. The molecule has 5 nitrogen and oxygen atoms in total. The van der Waals surface area contributed by atoms with Crippen LogP contribution in [0.1, 0.15) is 19.9 Å². The van der Waals surface area contributed by atoms with Crippen LogP contribution in [0.15, 0.2) is 47.2 Å². The van der Waals surface area contributed by atoms with E-state index < -0.39 is 11.6 Å². The standard InChI is InChI=1S/C18H14F2N4O/c1-10(2)24-16-8-12(4-6-15(16)22-23-24)18-17(21-9-25-18)11-3-5-13(19)14(20)7-11/h3-10H,1-2H3. The van der Waals surface area contributed by atoms with Gasteiger partial charge in [-0.25, -0.2) is 18.4 Å². The van der Waals surface area contributed by atoms with Gasteiger partial charge in [0.15, 0.2) is 23.8 Å². The number of hydrogen-bond acceptors (Lipinski definition) is 4. The molecular formula is C18H14F2N4O. The topological polar surface area (TPSA) is 56.7 Å². The average Bonchev–Trinajstić information content (AvgIpc) is 3.23. The SMILES string of the molecule is CC(C)n1nnc2ccc(-c3ocnc3-c3ccc(F)c(F)c3)cc21. The molecule has 2 aromatic carbocycles. The molecule has 0 amide bonds. The smallest absolute Gasteiger partial charge is 0.182 e. The molecule has 0 aliphatic carbocycles. The Bertz CT molecular complexity index is 1070. The Labute approximate surface area is 141 Å². The number of aromatic nitrogens is 4. The third-order valence-electron chi connectivity index (χ3n) is 3.98. The Hall–Kier alpha value is -3.09. The van der Waals surface area contributed by atoms with Crippen LogP contribution in [0.5, 0.6) is 0 Å². The van der Waals surface area contributed by atoms with E-state index in [1.807, 2.05) is 36.7 Å². The fraction of sp³-hybridized carbons (Fsp3) is 0.167. The maximum Gasteiger partial charge on any atom is 0.182 e. The molecule has 0 fully saturated rings. The number of oxazole rings is 1. The fourth-order valence-corrected chi connectivity index (χ4v) is 2.76. The van der Waals surface area contributed by atoms with Crippen molar-refractivity contribution in [1.29, 1.82) is 0 Å². The molecule has 0 saturated carbocycles. The van der Waals surface area contributed by atoms with E-state index in [0.29, 0.717) is 17.0 Å². The molecule has 7 heteroatoms. The maximum atomic E-state index is 13.6. The highest BCUT2D eigenvalue weighted by molar-refractivity contribution is 5.84. The number of fused-ring (bicyclic) bond motifs is 1. The summed E-state index contributed by atoms with van der Waals surface area (Å²) in [4.78, 5) is 4.17. The molecule has 126 valence electrons. The molecule has 0 N–H and O–H groups in total. The first-order chi connectivity index (χ1) is 12.0. The highest BCUT2D eigenvalue weighted by Gasteiger charge is 2.17. The Kier molecular flexibility index (Phi) is 3.56. The zero-order valence-electron chi connectivity index (χ0n) is 13.6. The van der Waals surface area contributed by atoms with Crippen molar-refractivity contribution in [1.82, 2.24) is 20.0 Å². The zero-order valence-corrected chi connectivity index (χ0v) is 13.6. The third kappa shape index (κ3) is 2.57. The summed E-state index contributed by atoms with van der Waals surface area (Å²) in [6.45, 7) is 4.03. The van der Waals surface area contributed by atoms with E-state index in [4.69, 9.17) is 4.42 Å². The van der Waals surface area contributed by atoms with Crippen LogP contribution in [-0.4, -0.2) is 20.0 Å². The normalized spacial score (nSPS) is 11.6. The molecule has 4 aromatic rings. The monoisotopic (exact) mass is 340 g/mol. The minimum absolute atomic E-state index is 0.153. The Morgan fingerprint density at radius 1 is 1.00 bits per heavy atom. The van der Waals surface area contributed by atoms with Crippen molar-refractivity contribution in [3.05, 3.63) is 54.4 Å². The molecular weight excluding hydrogens is 326 g/mol. The largest absolute Gasteiger partial charge is 0.443 e. The molecule has 25 heavy (non-hydrogen) atoms. The van der Waals surface area contributed by atoms with E-state index in [0.717, 1.165) is 28.7 Å². The van der Waals surface area contributed by atoms with Crippen LogP contribution >= 0.6 is 0 Å². The fourth-order valence-electron chi connectivity index (χ4n) is 2.76. The molecule has 2 aromatic heterocycles. The molecule has 0 atom stereocenters. The second-order valence-corrected chi connectivity index (χ2v) is 5.99. The van der Waals surface area contributed by atoms with Crippen LogP contribution in [0, 0.1) is 11.6 Å². The lowest BCUT2D eigenvalue weighted by Gasteiger charge is -2.07. The van der Waals surface area contributed by atoms with Crippen molar-refractivity contribution in [3.8, 4) is 22.6 Å². The molecule has 0 unspecified atom stereocenters. The summed E-state index contributed by atoms with van der Waals surface area (Å²) in [5.74, 6) is -1.35. The van der Waals surface area contributed by atoms with Crippen molar-refractivity contribution in [3.63, 3.8) is 0 Å². The molecule has 0 aliphatic rings. The summed E-state index contributed by atoms with van der Waals surface area (Å²) in [5, 5.41) is 8.29. The van der Waals surface area contributed by atoms with Gasteiger partial charge in [-0.15, -0.1) is 5.10 Å². The van der Waals surface area contributed by atoms with Gasteiger partial charge in [0.2, 0.25) is 0 Å². The number of benzene rings is 2. The quantitative estimate of drug-likeness (QED) is 0.546.